The molecule has 2 rings (SSSR count). The maximum atomic E-state index is 11.6. The van der Waals surface area contributed by atoms with Crippen LogP contribution in [0.5, 0.6) is 0 Å². The summed E-state index contributed by atoms with van der Waals surface area (Å²) >= 11 is 0. The molecule has 0 spiro atoms. The van der Waals surface area contributed by atoms with Gasteiger partial charge in [0, 0.05) is 18.6 Å². The third kappa shape index (κ3) is 3.04. The Morgan fingerprint density at radius 2 is 2.11 bits per heavy atom. The van der Waals surface area contributed by atoms with Gasteiger partial charge in [-0.15, -0.1) is 0 Å². The van der Waals surface area contributed by atoms with Crippen LogP contribution < -0.4 is 5.32 Å². The Bertz CT molecular complexity index is 315. The summed E-state index contributed by atoms with van der Waals surface area (Å²) in [6.07, 6.45) is 4.64. The Balaban J connectivity index is 2.01. The predicted molar refractivity (Wildman–Crippen MR) is 71.6 cm³/mol. The van der Waals surface area contributed by atoms with Gasteiger partial charge in [0.15, 0.2) is 0 Å². The highest BCUT2D eigenvalue weighted by Crippen LogP contribution is 2.28. The van der Waals surface area contributed by atoms with Gasteiger partial charge in [-0.2, -0.15) is 0 Å². The molecule has 4 nitrogen and oxygen atoms in total. The SMILES string of the molecule is CC(C)C1CCCN1CC(C)(NC1CC1)C(=O)O. The van der Waals surface area contributed by atoms with Crippen molar-refractivity contribution >= 4 is 5.97 Å². The number of hydrogen-bond acceptors (Lipinski definition) is 3. The fourth-order valence-electron chi connectivity index (χ4n) is 3.06. The number of carboxylic acid groups (broad SMARTS) is 1. The average Bonchev–Trinajstić information content (AvgIpc) is 2.94. The van der Waals surface area contributed by atoms with E-state index in [-0.39, 0.29) is 0 Å². The second kappa shape index (κ2) is 5.17. The van der Waals surface area contributed by atoms with E-state index in [0.717, 1.165) is 19.4 Å². The van der Waals surface area contributed by atoms with Crippen LogP contribution in [0.2, 0.25) is 0 Å². The van der Waals surface area contributed by atoms with Crippen molar-refractivity contribution in [1.29, 1.82) is 0 Å². The summed E-state index contributed by atoms with van der Waals surface area (Å²) in [5.74, 6) is -0.115. The fourth-order valence-corrected chi connectivity index (χ4v) is 3.06. The zero-order chi connectivity index (χ0) is 13.3. The van der Waals surface area contributed by atoms with Crippen LogP contribution in [0.25, 0.3) is 0 Å². The molecule has 1 aliphatic heterocycles. The van der Waals surface area contributed by atoms with Gasteiger partial charge in [0.2, 0.25) is 0 Å². The Kier molecular flexibility index (Phi) is 3.97. The van der Waals surface area contributed by atoms with E-state index in [2.05, 4.69) is 24.1 Å². The predicted octanol–water partition coefficient (Wildman–Crippen LogP) is 1.70. The summed E-state index contributed by atoms with van der Waals surface area (Å²) in [7, 11) is 0. The first-order chi connectivity index (χ1) is 8.42. The lowest BCUT2D eigenvalue weighted by atomic mass is 9.97. The van der Waals surface area contributed by atoms with Crippen LogP contribution in [0.4, 0.5) is 0 Å². The van der Waals surface area contributed by atoms with E-state index in [0.29, 0.717) is 24.5 Å². The monoisotopic (exact) mass is 254 g/mol. The molecule has 2 atom stereocenters. The molecule has 0 bridgehead atoms. The van der Waals surface area contributed by atoms with Crippen molar-refractivity contribution in [2.24, 2.45) is 5.92 Å². The lowest BCUT2D eigenvalue weighted by Crippen LogP contribution is -2.58. The van der Waals surface area contributed by atoms with Crippen molar-refractivity contribution in [3.05, 3.63) is 0 Å². The van der Waals surface area contributed by atoms with Crippen LogP contribution in [-0.4, -0.2) is 46.7 Å². The first-order valence-electron chi connectivity index (χ1n) is 7.17. The molecule has 4 heteroatoms. The van der Waals surface area contributed by atoms with Gasteiger partial charge >= 0.3 is 5.97 Å². The minimum absolute atomic E-state index is 0.422. The van der Waals surface area contributed by atoms with Crippen molar-refractivity contribution in [3.63, 3.8) is 0 Å². The Hall–Kier alpha value is -0.610. The molecular weight excluding hydrogens is 228 g/mol. The molecule has 0 aromatic rings. The number of rotatable bonds is 6. The summed E-state index contributed by atoms with van der Waals surface area (Å²) in [6, 6.07) is 0.968. The lowest BCUT2D eigenvalue weighted by molar-refractivity contribution is -0.145. The average molecular weight is 254 g/mol. The van der Waals surface area contributed by atoms with Crippen molar-refractivity contribution in [2.45, 2.75) is 64.1 Å². The Morgan fingerprint density at radius 3 is 2.61 bits per heavy atom. The van der Waals surface area contributed by atoms with E-state index in [1.807, 2.05) is 6.92 Å². The van der Waals surface area contributed by atoms with Crippen molar-refractivity contribution in [3.8, 4) is 0 Å². The third-order valence-corrected chi connectivity index (χ3v) is 4.28. The third-order valence-electron chi connectivity index (χ3n) is 4.28. The Labute approximate surface area is 110 Å². The minimum Gasteiger partial charge on any atom is -0.480 e. The fraction of sp³-hybridized carbons (Fsp3) is 0.929. The smallest absolute Gasteiger partial charge is 0.324 e. The number of carboxylic acids is 1. The maximum Gasteiger partial charge on any atom is 0.324 e. The van der Waals surface area contributed by atoms with E-state index in [1.54, 1.807) is 0 Å². The van der Waals surface area contributed by atoms with Crippen molar-refractivity contribution in [2.75, 3.05) is 13.1 Å². The number of aliphatic carboxylic acids is 1. The summed E-state index contributed by atoms with van der Waals surface area (Å²) in [4.78, 5) is 13.9. The van der Waals surface area contributed by atoms with Gasteiger partial charge in [0.1, 0.15) is 5.54 Å². The molecule has 2 fully saturated rings. The van der Waals surface area contributed by atoms with Crippen LogP contribution in [0.1, 0.15) is 46.5 Å². The van der Waals surface area contributed by atoms with E-state index >= 15 is 0 Å². The highest BCUT2D eigenvalue weighted by Gasteiger charge is 2.42. The van der Waals surface area contributed by atoms with Crippen LogP contribution in [0, 0.1) is 5.92 Å². The van der Waals surface area contributed by atoms with Crippen molar-refractivity contribution in [1.82, 2.24) is 10.2 Å². The molecule has 1 saturated carbocycles. The Morgan fingerprint density at radius 1 is 1.44 bits per heavy atom. The molecular formula is C14H26N2O2. The molecule has 0 amide bonds. The lowest BCUT2D eigenvalue weighted by Gasteiger charge is -2.35. The summed E-state index contributed by atoms with van der Waals surface area (Å²) in [5, 5.41) is 12.8. The van der Waals surface area contributed by atoms with Gasteiger partial charge in [-0.3, -0.25) is 15.0 Å². The number of carbonyl (C=O) groups is 1. The second-order valence-electron chi connectivity index (χ2n) is 6.48. The van der Waals surface area contributed by atoms with E-state index < -0.39 is 11.5 Å². The molecule has 18 heavy (non-hydrogen) atoms. The highest BCUT2D eigenvalue weighted by molar-refractivity contribution is 5.78. The first-order valence-corrected chi connectivity index (χ1v) is 7.17. The van der Waals surface area contributed by atoms with Gasteiger partial charge in [-0.25, -0.2) is 0 Å². The molecule has 1 aliphatic carbocycles. The van der Waals surface area contributed by atoms with Gasteiger partial charge in [-0.1, -0.05) is 13.8 Å². The largest absolute Gasteiger partial charge is 0.480 e. The maximum absolute atomic E-state index is 11.6. The van der Waals surface area contributed by atoms with Crippen LogP contribution in [-0.2, 0) is 4.79 Å². The van der Waals surface area contributed by atoms with E-state index in [4.69, 9.17) is 0 Å². The molecule has 2 N–H and O–H groups in total. The van der Waals surface area contributed by atoms with Crippen molar-refractivity contribution < 1.29 is 9.90 Å². The normalized spacial score (nSPS) is 28.6. The van der Waals surface area contributed by atoms with Gasteiger partial charge in [0.25, 0.3) is 0 Å². The molecule has 2 unspecified atom stereocenters. The van der Waals surface area contributed by atoms with Gasteiger partial charge < -0.3 is 5.11 Å². The molecule has 0 aromatic heterocycles. The summed E-state index contributed by atoms with van der Waals surface area (Å²) in [6.45, 7) is 7.97. The molecule has 1 saturated heterocycles. The zero-order valence-electron chi connectivity index (χ0n) is 11.8. The number of nitrogens with one attached hydrogen (secondary N) is 1. The van der Waals surface area contributed by atoms with Crippen LogP contribution in [0.15, 0.2) is 0 Å². The number of likely N-dealkylation sites (tertiary alicyclic amines) is 1. The number of hydrogen-bond donors (Lipinski definition) is 2. The van der Waals surface area contributed by atoms with E-state index in [9.17, 15) is 9.90 Å². The quantitative estimate of drug-likeness (QED) is 0.757. The topological polar surface area (TPSA) is 52.6 Å². The van der Waals surface area contributed by atoms with E-state index in [1.165, 1.54) is 12.8 Å². The molecule has 0 radical (unpaired) electrons. The highest BCUT2D eigenvalue weighted by atomic mass is 16.4. The molecule has 0 aromatic carbocycles. The molecule has 104 valence electrons. The minimum atomic E-state index is -0.793. The molecule has 2 aliphatic rings. The standard InChI is InChI=1S/C14H26N2O2/c1-10(2)12-5-4-8-16(12)9-14(3,13(17)18)15-11-6-7-11/h10-12,15H,4-9H2,1-3H3,(H,17,18). The van der Waals surface area contributed by atoms with Crippen LogP contribution in [0.3, 0.4) is 0 Å². The second-order valence-corrected chi connectivity index (χ2v) is 6.48. The van der Waals surface area contributed by atoms with Gasteiger partial charge in [0.05, 0.1) is 0 Å². The number of nitrogens with zero attached hydrogens (tertiary/aromatic N) is 1. The van der Waals surface area contributed by atoms with Crippen LogP contribution >= 0.6 is 0 Å². The zero-order valence-corrected chi connectivity index (χ0v) is 11.8. The first kappa shape index (κ1) is 13.8. The molecule has 1 heterocycles. The summed E-state index contributed by atoms with van der Waals surface area (Å²) in [5.41, 5.74) is -0.793. The summed E-state index contributed by atoms with van der Waals surface area (Å²) < 4.78 is 0. The van der Waals surface area contributed by atoms with Gasteiger partial charge in [-0.05, 0) is 45.1 Å².